The van der Waals surface area contributed by atoms with E-state index in [1.54, 1.807) is 32.2 Å². The Labute approximate surface area is 262 Å². The number of aliphatic hydroxyl groups is 1. The number of β-amino-alcohol motifs (C(OH)–C–C–N with tert-alkyl or cyclic N) is 1. The van der Waals surface area contributed by atoms with Gasteiger partial charge in [-0.2, -0.15) is 0 Å². The number of dihydropyridines is 1. The zero-order valence-electron chi connectivity index (χ0n) is 26.5. The summed E-state index contributed by atoms with van der Waals surface area (Å²) in [7, 11) is 4.03. The Morgan fingerprint density at radius 2 is 1.71 bits per heavy atom. The first-order valence-corrected chi connectivity index (χ1v) is 14.4. The summed E-state index contributed by atoms with van der Waals surface area (Å²) in [4.78, 5) is 37.0. The van der Waals surface area contributed by atoms with E-state index in [9.17, 15) is 24.8 Å². The Kier molecular flexibility index (Phi) is 12.5. The maximum Gasteiger partial charge on any atom is 0.336 e. The largest absolute Gasteiger partial charge is 0.493 e. The molecule has 2 aromatic carbocycles. The van der Waals surface area contributed by atoms with Crippen molar-refractivity contribution in [3.8, 4) is 11.5 Å². The molecule has 13 heteroatoms. The van der Waals surface area contributed by atoms with Gasteiger partial charge < -0.3 is 40.0 Å². The Morgan fingerprint density at radius 1 is 1.04 bits per heavy atom. The molecule has 0 amide bonds. The van der Waals surface area contributed by atoms with Crippen molar-refractivity contribution in [2.24, 2.45) is 0 Å². The minimum absolute atomic E-state index is 0.0825. The lowest BCUT2D eigenvalue weighted by atomic mass is 9.79. The number of non-ortho nitro benzene ring substituents is 1. The fraction of sp³-hybridized carbons (Fsp3) is 0.438. The minimum atomic E-state index is -0.946. The summed E-state index contributed by atoms with van der Waals surface area (Å²) >= 11 is 0. The van der Waals surface area contributed by atoms with Crippen LogP contribution in [-0.2, 0) is 19.1 Å². The number of nitrogens with zero attached hydrogens (tertiary/aromatic N) is 1. The van der Waals surface area contributed by atoms with E-state index in [4.69, 9.17) is 18.9 Å². The molecular weight excluding hydrogens is 584 g/mol. The summed E-state index contributed by atoms with van der Waals surface area (Å²) in [5, 5.41) is 31.9. The van der Waals surface area contributed by atoms with Crippen molar-refractivity contribution in [3.05, 3.63) is 86.7 Å². The summed E-state index contributed by atoms with van der Waals surface area (Å²) in [5.74, 6) is -1.15. The molecule has 2 atom stereocenters. The number of aliphatic hydroxyl groups excluding tert-OH is 1. The number of para-hydroxylation sites is 2. The van der Waals surface area contributed by atoms with E-state index in [1.165, 1.54) is 32.4 Å². The zero-order valence-corrected chi connectivity index (χ0v) is 26.5. The molecule has 4 N–H and O–H groups in total. The smallest absolute Gasteiger partial charge is 0.336 e. The van der Waals surface area contributed by atoms with Crippen LogP contribution in [0.1, 0.15) is 38.7 Å². The Hall–Kier alpha value is -4.46. The quantitative estimate of drug-likeness (QED) is 0.0931. The number of hydrogen-bond donors (Lipinski definition) is 4. The maximum absolute atomic E-state index is 13.2. The topological polar surface area (TPSA) is 171 Å². The first-order valence-electron chi connectivity index (χ1n) is 14.4. The predicted octanol–water partition coefficient (Wildman–Crippen LogP) is 2.95. The molecule has 0 fully saturated rings. The Morgan fingerprint density at radius 3 is 2.36 bits per heavy atom. The molecule has 0 saturated heterocycles. The molecular formula is C32H42N4O9. The fourth-order valence-corrected chi connectivity index (χ4v) is 5.03. The van der Waals surface area contributed by atoms with Crippen LogP contribution in [0, 0.1) is 10.1 Å². The number of nitro benzene ring substituents is 1. The average Bonchev–Trinajstić information content (AvgIpc) is 3.03. The van der Waals surface area contributed by atoms with Crippen LogP contribution in [0.2, 0.25) is 0 Å². The highest BCUT2D eigenvalue weighted by atomic mass is 16.6. The average molecular weight is 627 g/mol. The molecule has 1 aliphatic heterocycles. The fourth-order valence-electron chi connectivity index (χ4n) is 5.03. The second-order valence-corrected chi connectivity index (χ2v) is 11.1. The first-order chi connectivity index (χ1) is 21.4. The van der Waals surface area contributed by atoms with Crippen LogP contribution in [0.4, 0.5) is 5.69 Å². The number of ether oxygens (including phenoxy) is 4. The van der Waals surface area contributed by atoms with Crippen LogP contribution < -0.4 is 25.4 Å². The van der Waals surface area contributed by atoms with Gasteiger partial charge >= 0.3 is 11.9 Å². The SMILES string of the molecule is COC(=O)C1=C(C)NC(CCNCC(C)(C)NCC(O)COc2ccccc2OC)=C(C(=O)OC)C1c1cccc([N+](=O)[O-])c1. The first kappa shape index (κ1) is 35.0. The van der Waals surface area contributed by atoms with E-state index < -0.39 is 34.4 Å². The highest BCUT2D eigenvalue weighted by Crippen LogP contribution is 2.40. The molecule has 1 aliphatic rings. The van der Waals surface area contributed by atoms with E-state index in [1.807, 2.05) is 26.0 Å². The molecule has 0 radical (unpaired) electrons. The number of nitrogens with one attached hydrogen (secondary N) is 3. The van der Waals surface area contributed by atoms with Gasteiger partial charge in [-0.3, -0.25) is 10.1 Å². The number of hydrogen-bond acceptors (Lipinski definition) is 12. The molecule has 0 aliphatic carbocycles. The highest BCUT2D eigenvalue weighted by Gasteiger charge is 2.39. The van der Waals surface area contributed by atoms with Crippen LogP contribution in [0.5, 0.6) is 11.5 Å². The number of allylic oxidation sites excluding steroid dienone is 1. The van der Waals surface area contributed by atoms with Crippen LogP contribution in [-0.4, -0.2) is 81.2 Å². The van der Waals surface area contributed by atoms with Gasteiger partial charge in [-0.05, 0) is 38.5 Å². The standard InChI is InChI=1S/C32H42N4O9/c1-20-27(30(38)43-5)28(21-10-9-11-22(16-21)36(40)41)29(31(39)44-6)24(35-20)14-15-33-19-32(2,3)34-17-23(37)18-45-26-13-8-7-12-25(26)42-4/h7-13,16,23,28,33-35,37H,14-15,17-19H2,1-6H3. The zero-order chi connectivity index (χ0) is 33.1. The maximum atomic E-state index is 13.2. The van der Waals surface area contributed by atoms with Crippen LogP contribution in [0.15, 0.2) is 71.1 Å². The van der Waals surface area contributed by atoms with Crippen LogP contribution >= 0.6 is 0 Å². The molecule has 45 heavy (non-hydrogen) atoms. The van der Waals surface area contributed by atoms with Gasteiger partial charge in [-0.1, -0.05) is 24.3 Å². The lowest BCUT2D eigenvalue weighted by molar-refractivity contribution is -0.384. The van der Waals surface area contributed by atoms with Crippen LogP contribution in [0.3, 0.4) is 0 Å². The molecule has 0 spiro atoms. The minimum Gasteiger partial charge on any atom is -0.493 e. The predicted molar refractivity (Wildman–Crippen MR) is 167 cm³/mol. The number of carbonyl (C=O) groups excluding carboxylic acids is 2. The van der Waals surface area contributed by atoms with Gasteiger partial charge in [0.25, 0.3) is 5.69 Å². The molecule has 0 saturated carbocycles. The third-order valence-electron chi connectivity index (χ3n) is 7.31. The lowest BCUT2D eigenvalue weighted by Crippen LogP contribution is -2.51. The third-order valence-corrected chi connectivity index (χ3v) is 7.31. The van der Waals surface area contributed by atoms with Gasteiger partial charge in [0.2, 0.25) is 0 Å². The van der Waals surface area contributed by atoms with E-state index in [-0.39, 0.29) is 30.0 Å². The second kappa shape index (κ2) is 16.0. The van der Waals surface area contributed by atoms with Gasteiger partial charge in [-0.25, -0.2) is 9.59 Å². The van der Waals surface area contributed by atoms with Crippen molar-refractivity contribution < 1.29 is 38.6 Å². The highest BCUT2D eigenvalue weighted by molar-refractivity contribution is 5.99. The number of esters is 2. The summed E-state index contributed by atoms with van der Waals surface area (Å²) < 4.78 is 21.1. The van der Waals surface area contributed by atoms with Crippen molar-refractivity contribution in [3.63, 3.8) is 0 Å². The number of rotatable bonds is 16. The van der Waals surface area contributed by atoms with E-state index in [0.29, 0.717) is 48.0 Å². The summed E-state index contributed by atoms with van der Waals surface area (Å²) in [6.07, 6.45) is -0.412. The summed E-state index contributed by atoms with van der Waals surface area (Å²) in [6.45, 7) is 6.99. The normalized spacial score (nSPS) is 15.7. The monoisotopic (exact) mass is 626 g/mol. The van der Waals surface area contributed by atoms with Crippen molar-refractivity contribution in [2.75, 3.05) is 47.6 Å². The van der Waals surface area contributed by atoms with Crippen molar-refractivity contribution in [2.45, 2.75) is 44.8 Å². The number of carbonyl (C=O) groups is 2. The van der Waals surface area contributed by atoms with E-state index in [2.05, 4.69) is 16.0 Å². The van der Waals surface area contributed by atoms with Crippen molar-refractivity contribution >= 4 is 17.6 Å². The van der Waals surface area contributed by atoms with Gasteiger partial charge in [0.1, 0.15) is 12.7 Å². The van der Waals surface area contributed by atoms with Crippen LogP contribution in [0.25, 0.3) is 0 Å². The molecule has 2 unspecified atom stereocenters. The van der Waals surface area contributed by atoms with Gasteiger partial charge in [0.05, 0.1) is 43.3 Å². The Balaban J connectivity index is 1.69. The van der Waals surface area contributed by atoms with Gasteiger partial charge in [0, 0.05) is 55.1 Å². The summed E-state index contributed by atoms with van der Waals surface area (Å²) in [6, 6.07) is 13.0. The van der Waals surface area contributed by atoms with Gasteiger partial charge in [0.15, 0.2) is 11.5 Å². The second-order valence-electron chi connectivity index (χ2n) is 11.1. The molecule has 2 aromatic rings. The molecule has 13 nitrogen and oxygen atoms in total. The lowest BCUT2D eigenvalue weighted by Gasteiger charge is -2.32. The Bertz CT molecular complexity index is 1440. The van der Waals surface area contributed by atoms with Crippen molar-refractivity contribution in [1.29, 1.82) is 0 Å². The third kappa shape index (κ3) is 9.27. The molecule has 0 aromatic heterocycles. The number of nitro groups is 1. The number of methoxy groups -OCH3 is 3. The summed E-state index contributed by atoms with van der Waals surface area (Å²) in [5.41, 5.74) is 1.11. The molecule has 0 bridgehead atoms. The van der Waals surface area contributed by atoms with Gasteiger partial charge in [-0.15, -0.1) is 0 Å². The van der Waals surface area contributed by atoms with E-state index in [0.717, 1.165) is 0 Å². The molecule has 244 valence electrons. The van der Waals surface area contributed by atoms with E-state index >= 15 is 0 Å². The van der Waals surface area contributed by atoms with Crippen molar-refractivity contribution in [1.82, 2.24) is 16.0 Å². The molecule has 1 heterocycles. The molecule has 3 rings (SSSR count). The number of benzene rings is 2.